The Labute approximate surface area is 216 Å². The fourth-order valence-corrected chi connectivity index (χ4v) is 6.21. The Morgan fingerprint density at radius 2 is 1.50 bits per heavy atom. The highest BCUT2D eigenvalue weighted by atomic mass is 16.1. The molecule has 0 bridgehead atoms. The topological polar surface area (TPSA) is 73.3 Å². The molecule has 1 aromatic rings. The second-order valence-electron chi connectivity index (χ2n) is 10.8. The van der Waals surface area contributed by atoms with Gasteiger partial charge in [-0.25, -0.2) is 0 Å². The van der Waals surface area contributed by atoms with E-state index < -0.39 is 0 Å². The number of benzene rings is 1. The maximum absolute atomic E-state index is 11.4. The minimum atomic E-state index is 0.0531. The Bertz CT molecular complexity index is 962. The van der Waals surface area contributed by atoms with Gasteiger partial charge in [0.1, 0.15) is 11.6 Å². The molecular formula is C29H44N4O3. The molecule has 1 aliphatic carbocycles. The minimum Gasteiger partial charge on any atom is -0.364 e. The van der Waals surface area contributed by atoms with Gasteiger partial charge in [0, 0.05) is 37.8 Å². The van der Waals surface area contributed by atoms with Crippen molar-refractivity contribution in [2.24, 2.45) is 10.9 Å². The van der Waals surface area contributed by atoms with Crippen molar-refractivity contribution in [1.82, 2.24) is 9.80 Å². The predicted octanol–water partition coefficient (Wildman–Crippen LogP) is 3.78. The van der Waals surface area contributed by atoms with Gasteiger partial charge in [0.25, 0.3) is 0 Å². The number of hydrogen-bond donors (Lipinski definition) is 0. The van der Waals surface area contributed by atoms with Crippen molar-refractivity contribution in [3.8, 4) is 0 Å². The van der Waals surface area contributed by atoms with Gasteiger partial charge in [-0.3, -0.25) is 29.2 Å². The van der Waals surface area contributed by atoms with Crippen LogP contribution in [0.15, 0.2) is 29.3 Å². The first-order chi connectivity index (χ1) is 17.1. The van der Waals surface area contributed by atoms with Gasteiger partial charge in [-0.05, 0) is 71.7 Å². The molecule has 3 aliphatic heterocycles. The zero-order valence-corrected chi connectivity index (χ0v) is 22.9. The molecular weight excluding hydrogens is 452 g/mol. The normalized spacial score (nSPS) is 29.3. The number of ketones is 3. The maximum atomic E-state index is 11.4. The summed E-state index contributed by atoms with van der Waals surface area (Å²) in [5.41, 5.74) is 2.48. The number of likely N-dealkylation sites (tertiary alicyclic amines) is 1. The van der Waals surface area contributed by atoms with E-state index in [9.17, 15) is 14.4 Å². The van der Waals surface area contributed by atoms with Crippen LogP contribution in [0.1, 0.15) is 64.9 Å². The molecule has 36 heavy (non-hydrogen) atoms. The van der Waals surface area contributed by atoms with Crippen molar-refractivity contribution in [3.05, 3.63) is 29.8 Å². The summed E-state index contributed by atoms with van der Waals surface area (Å²) in [6.45, 7) is 5.68. The number of para-hydroxylation sites is 1. The number of nitrogens with zero attached hydrogens (tertiary/aromatic N) is 4. The number of anilines is 1. The van der Waals surface area contributed by atoms with Crippen molar-refractivity contribution < 1.29 is 14.4 Å². The van der Waals surface area contributed by atoms with Gasteiger partial charge in [0.05, 0.1) is 24.8 Å². The van der Waals surface area contributed by atoms with Crippen LogP contribution in [0.25, 0.3) is 0 Å². The van der Waals surface area contributed by atoms with Crippen LogP contribution in [0, 0.1) is 5.92 Å². The third-order valence-corrected chi connectivity index (χ3v) is 8.36. The third kappa shape index (κ3) is 6.68. The van der Waals surface area contributed by atoms with Gasteiger partial charge in [-0.2, -0.15) is 0 Å². The van der Waals surface area contributed by atoms with Crippen LogP contribution in [0.3, 0.4) is 0 Å². The lowest BCUT2D eigenvalue weighted by molar-refractivity contribution is -0.122. The van der Waals surface area contributed by atoms with Gasteiger partial charge in [0.2, 0.25) is 0 Å². The van der Waals surface area contributed by atoms with E-state index in [1.807, 2.05) is 37.3 Å². The fourth-order valence-electron chi connectivity index (χ4n) is 6.21. The smallest absolute Gasteiger partial charge is 0.152 e. The summed E-state index contributed by atoms with van der Waals surface area (Å²) in [4.78, 5) is 43.9. The predicted molar refractivity (Wildman–Crippen MR) is 146 cm³/mol. The molecule has 1 saturated heterocycles. The summed E-state index contributed by atoms with van der Waals surface area (Å²) in [5, 5.41) is 0. The number of carbonyl (C=O) groups is 3. The molecule has 5 unspecified atom stereocenters. The highest BCUT2D eigenvalue weighted by Gasteiger charge is 2.41. The SMILES string of the molecule is CC(=O)C1CC2CCCCC2N1C.CC(=O)C1CC=NCN1C.CC(=O)C1Cc2ccccc2N1C. The zero-order valence-electron chi connectivity index (χ0n) is 22.9. The summed E-state index contributed by atoms with van der Waals surface area (Å²) < 4.78 is 0. The van der Waals surface area contributed by atoms with Gasteiger partial charge in [0.15, 0.2) is 5.78 Å². The van der Waals surface area contributed by atoms with Crippen molar-refractivity contribution in [3.63, 3.8) is 0 Å². The molecule has 7 nitrogen and oxygen atoms in total. The zero-order chi connectivity index (χ0) is 26.4. The first-order valence-corrected chi connectivity index (χ1v) is 13.3. The Balaban J connectivity index is 0.000000152. The summed E-state index contributed by atoms with van der Waals surface area (Å²) in [5.74, 6) is 1.65. The van der Waals surface area contributed by atoms with E-state index in [2.05, 4.69) is 34.0 Å². The molecule has 1 saturated carbocycles. The number of rotatable bonds is 3. The van der Waals surface area contributed by atoms with Gasteiger partial charge in [-0.1, -0.05) is 31.0 Å². The molecule has 5 atom stereocenters. The number of aliphatic imine (C=N–C) groups is 1. The number of Topliss-reactive ketones (excluding diaryl/α,β-unsaturated/α-hetero) is 3. The average Bonchev–Trinajstić information content (AvgIpc) is 3.38. The van der Waals surface area contributed by atoms with Crippen LogP contribution in [0.4, 0.5) is 5.69 Å². The van der Waals surface area contributed by atoms with Crippen molar-refractivity contribution in [2.75, 3.05) is 32.7 Å². The Hall–Kier alpha value is -2.38. The molecule has 3 heterocycles. The van der Waals surface area contributed by atoms with Gasteiger partial charge < -0.3 is 4.90 Å². The van der Waals surface area contributed by atoms with E-state index >= 15 is 0 Å². The van der Waals surface area contributed by atoms with Crippen LogP contribution >= 0.6 is 0 Å². The van der Waals surface area contributed by atoms with Crippen molar-refractivity contribution >= 4 is 29.3 Å². The first kappa shape index (κ1) is 28.2. The van der Waals surface area contributed by atoms with E-state index in [-0.39, 0.29) is 29.7 Å². The second kappa shape index (κ2) is 12.7. The lowest BCUT2D eigenvalue weighted by Crippen LogP contribution is -2.40. The summed E-state index contributed by atoms with van der Waals surface area (Å²) in [7, 11) is 6.03. The first-order valence-electron chi connectivity index (χ1n) is 13.3. The average molecular weight is 497 g/mol. The number of likely N-dealkylation sites (N-methyl/N-ethyl adjacent to an activating group) is 3. The Kier molecular flexibility index (Phi) is 9.97. The lowest BCUT2D eigenvalue weighted by atomic mass is 9.84. The molecule has 5 rings (SSSR count). The van der Waals surface area contributed by atoms with Crippen LogP contribution < -0.4 is 4.90 Å². The van der Waals surface area contributed by atoms with Crippen molar-refractivity contribution in [2.45, 2.75) is 89.9 Å². The highest BCUT2D eigenvalue weighted by Crippen LogP contribution is 2.38. The van der Waals surface area contributed by atoms with E-state index in [1.165, 1.54) is 36.9 Å². The second-order valence-corrected chi connectivity index (χ2v) is 10.8. The lowest BCUT2D eigenvalue weighted by Gasteiger charge is -2.30. The molecule has 2 fully saturated rings. The fraction of sp³-hybridized carbons (Fsp3) is 0.655. The molecule has 7 heteroatoms. The van der Waals surface area contributed by atoms with E-state index in [4.69, 9.17) is 0 Å². The number of carbonyl (C=O) groups excluding carboxylic acids is 3. The minimum absolute atomic E-state index is 0.0531. The van der Waals surface area contributed by atoms with Crippen LogP contribution in [-0.4, -0.2) is 85.3 Å². The number of fused-ring (bicyclic) bond motifs is 2. The van der Waals surface area contributed by atoms with Crippen LogP contribution in [-0.2, 0) is 20.8 Å². The quantitative estimate of drug-likeness (QED) is 0.634. The van der Waals surface area contributed by atoms with E-state index in [0.717, 1.165) is 25.2 Å². The Morgan fingerprint density at radius 3 is 2.06 bits per heavy atom. The number of hydrogen-bond acceptors (Lipinski definition) is 7. The molecule has 0 radical (unpaired) electrons. The summed E-state index contributed by atoms with van der Waals surface area (Å²) in [6, 6.07) is 9.26. The highest BCUT2D eigenvalue weighted by molar-refractivity contribution is 5.88. The monoisotopic (exact) mass is 496 g/mol. The maximum Gasteiger partial charge on any atom is 0.152 e. The van der Waals surface area contributed by atoms with Gasteiger partial charge in [-0.15, -0.1) is 0 Å². The summed E-state index contributed by atoms with van der Waals surface area (Å²) in [6.07, 6.45) is 9.97. The van der Waals surface area contributed by atoms with Crippen LogP contribution in [0.2, 0.25) is 0 Å². The molecule has 198 valence electrons. The molecule has 0 N–H and O–H groups in total. The largest absolute Gasteiger partial charge is 0.364 e. The van der Waals surface area contributed by atoms with E-state index in [1.54, 1.807) is 20.8 Å². The van der Waals surface area contributed by atoms with Crippen LogP contribution in [0.5, 0.6) is 0 Å². The molecule has 0 spiro atoms. The molecule has 0 aromatic heterocycles. The molecule has 1 aromatic carbocycles. The van der Waals surface area contributed by atoms with Gasteiger partial charge >= 0.3 is 0 Å². The standard InChI is InChI=1S/C11H19NO.C11H13NO.C7H12N2O/c2*1-8(13)11-7-9-5-3-4-6-10(9)12(11)2;1-6(10)7-3-4-8-5-9(7)2/h9-11H,3-7H2,1-2H3;3-6,11H,7H2,1-2H3;4,7H,3,5H2,1-2H3. The molecule has 4 aliphatic rings. The third-order valence-electron chi connectivity index (χ3n) is 8.36. The summed E-state index contributed by atoms with van der Waals surface area (Å²) >= 11 is 0. The van der Waals surface area contributed by atoms with Crippen molar-refractivity contribution in [1.29, 1.82) is 0 Å². The Morgan fingerprint density at radius 1 is 0.861 bits per heavy atom. The van der Waals surface area contributed by atoms with E-state index in [0.29, 0.717) is 18.5 Å². The molecule has 0 amide bonds.